The average molecular weight is 531 g/mol. The molecule has 0 aliphatic heterocycles. The summed E-state index contributed by atoms with van der Waals surface area (Å²) in [5, 5.41) is 13.8. The van der Waals surface area contributed by atoms with E-state index >= 15 is 0 Å². The second-order valence-corrected chi connectivity index (χ2v) is 7.86. The number of ether oxygens (including phenoxy) is 1. The lowest BCUT2D eigenvalue weighted by Gasteiger charge is -2.10. The van der Waals surface area contributed by atoms with Crippen molar-refractivity contribution < 1.29 is 14.6 Å². The number of benzene rings is 2. The molecular weight excluding hydrogens is 511 g/mol. The van der Waals surface area contributed by atoms with Crippen LogP contribution in [0.25, 0.3) is 0 Å². The van der Waals surface area contributed by atoms with Crippen LogP contribution in [0.2, 0.25) is 0 Å². The molecular formula is C19H20BrIN2O3. The van der Waals surface area contributed by atoms with Gasteiger partial charge in [-0.15, -0.1) is 0 Å². The maximum absolute atomic E-state index is 11.8. The summed E-state index contributed by atoms with van der Waals surface area (Å²) in [6.07, 6.45) is 2.47. The normalized spacial score (nSPS) is 12.2. The number of rotatable bonds is 7. The molecule has 2 rings (SSSR count). The molecule has 5 nitrogen and oxygen atoms in total. The van der Waals surface area contributed by atoms with Gasteiger partial charge in [-0.3, -0.25) is 4.79 Å². The Balaban J connectivity index is 1.86. The van der Waals surface area contributed by atoms with Crippen molar-refractivity contribution in [2.45, 2.75) is 26.2 Å². The van der Waals surface area contributed by atoms with Crippen LogP contribution in [-0.4, -0.2) is 23.8 Å². The third-order valence-corrected chi connectivity index (χ3v) is 5.16. The molecule has 0 heterocycles. The number of hydrogen-bond acceptors (Lipinski definition) is 4. The topological polar surface area (TPSA) is 70.9 Å². The minimum absolute atomic E-state index is 0.115. The van der Waals surface area contributed by atoms with Gasteiger partial charge in [-0.2, -0.15) is 5.10 Å². The Morgan fingerprint density at radius 3 is 2.73 bits per heavy atom. The SMILES string of the molecule is CCC(C)c1ccc(OCC(=O)N/N=C/c2cc(Br)cc(I)c2O)cc1. The molecule has 0 aromatic heterocycles. The Morgan fingerprint density at radius 1 is 1.38 bits per heavy atom. The van der Waals surface area contributed by atoms with Gasteiger partial charge in [0, 0.05) is 10.0 Å². The largest absolute Gasteiger partial charge is 0.506 e. The van der Waals surface area contributed by atoms with Crippen LogP contribution in [-0.2, 0) is 4.79 Å². The van der Waals surface area contributed by atoms with Gasteiger partial charge in [-0.05, 0) is 64.8 Å². The third-order valence-electron chi connectivity index (χ3n) is 3.88. The van der Waals surface area contributed by atoms with Crippen LogP contribution in [0, 0.1) is 3.57 Å². The van der Waals surface area contributed by atoms with Crippen LogP contribution in [0.3, 0.4) is 0 Å². The molecule has 0 saturated heterocycles. The van der Waals surface area contributed by atoms with Gasteiger partial charge in [0.05, 0.1) is 9.78 Å². The van der Waals surface area contributed by atoms with Gasteiger partial charge in [0.2, 0.25) is 0 Å². The van der Waals surface area contributed by atoms with Crippen molar-refractivity contribution in [2.24, 2.45) is 5.10 Å². The smallest absolute Gasteiger partial charge is 0.277 e. The Bertz CT molecular complexity index is 794. The zero-order valence-electron chi connectivity index (χ0n) is 14.5. The van der Waals surface area contributed by atoms with E-state index in [0.29, 0.717) is 20.8 Å². The number of halogens is 2. The molecule has 0 saturated carbocycles. The summed E-state index contributed by atoms with van der Waals surface area (Å²) in [4.78, 5) is 11.8. The standard InChI is InChI=1S/C19H20BrIN2O3/c1-3-12(2)13-4-6-16(7-5-13)26-11-18(24)23-22-10-14-8-15(20)9-17(21)19(14)25/h4-10,12,25H,3,11H2,1-2H3,(H,23,24)/b22-10+. The Labute approximate surface area is 175 Å². The van der Waals surface area contributed by atoms with Crippen LogP contribution in [0.5, 0.6) is 11.5 Å². The van der Waals surface area contributed by atoms with E-state index in [2.05, 4.69) is 40.3 Å². The molecule has 0 fully saturated rings. The van der Waals surface area contributed by atoms with Crippen LogP contribution in [0.4, 0.5) is 0 Å². The number of nitrogens with zero attached hydrogens (tertiary/aromatic N) is 1. The first-order chi connectivity index (χ1) is 12.4. The maximum Gasteiger partial charge on any atom is 0.277 e. The number of phenols is 1. The summed E-state index contributed by atoms with van der Waals surface area (Å²) in [7, 11) is 0. The molecule has 138 valence electrons. The molecule has 0 aliphatic rings. The van der Waals surface area contributed by atoms with E-state index in [-0.39, 0.29) is 18.3 Å². The van der Waals surface area contributed by atoms with Crippen LogP contribution >= 0.6 is 38.5 Å². The van der Waals surface area contributed by atoms with Gasteiger partial charge in [0.15, 0.2) is 6.61 Å². The fourth-order valence-corrected chi connectivity index (χ4v) is 3.72. The van der Waals surface area contributed by atoms with Crippen molar-refractivity contribution in [3.05, 3.63) is 55.6 Å². The van der Waals surface area contributed by atoms with Gasteiger partial charge < -0.3 is 9.84 Å². The summed E-state index contributed by atoms with van der Waals surface area (Å²) >= 11 is 5.37. The number of amides is 1. The van der Waals surface area contributed by atoms with E-state index in [1.165, 1.54) is 11.8 Å². The number of phenolic OH excluding ortho intramolecular Hbond substituents is 1. The summed E-state index contributed by atoms with van der Waals surface area (Å²) in [6, 6.07) is 11.2. The Morgan fingerprint density at radius 2 is 2.08 bits per heavy atom. The van der Waals surface area contributed by atoms with Gasteiger partial charge in [-0.1, -0.05) is 41.9 Å². The van der Waals surface area contributed by atoms with Crippen molar-refractivity contribution in [1.82, 2.24) is 5.43 Å². The fraction of sp³-hybridized carbons (Fsp3) is 0.263. The fourth-order valence-electron chi connectivity index (χ4n) is 2.17. The zero-order chi connectivity index (χ0) is 19.1. The van der Waals surface area contributed by atoms with Crippen LogP contribution < -0.4 is 10.2 Å². The van der Waals surface area contributed by atoms with E-state index in [0.717, 1.165) is 10.9 Å². The molecule has 0 spiro atoms. The van der Waals surface area contributed by atoms with E-state index < -0.39 is 0 Å². The summed E-state index contributed by atoms with van der Waals surface area (Å²) < 4.78 is 6.96. The van der Waals surface area contributed by atoms with Crippen LogP contribution in [0.15, 0.2) is 46.0 Å². The highest BCUT2D eigenvalue weighted by Crippen LogP contribution is 2.27. The predicted molar refractivity (Wildman–Crippen MR) is 115 cm³/mol. The second kappa shape index (κ2) is 9.91. The van der Waals surface area contributed by atoms with Crippen molar-refractivity contribution in [1.29, 1.82) is 0 Å². The molecule has 26 heavy (non-hydrogen) atoms. The van der Waals surface area contributed by atoms with E-state index in [1.54, 1.807) is 12.1 Å². The van der Waals surface area contributed by atoms with Crippen LogP contribution in [0.1, 0.15) is 37.3 Å². The lowest BCUT2D eigenvalue weighted by Crippen LogP contribution is -2.24. The minimum Gasteiger partial charge on any atom is -0.506 e. The third kappa shape index (κ3) is 5.98. The quantitative estimate of drug-likeness (QED) is 0.307. The highest BCUT2D eigenvalue weighted by molar-refractivity contribution is 14.1. The summed E-state index contributed by atoms with van der Waals surface area (Å²) in [5.41, 5.74) is 4.14. The molecule has 1 amide bonds. The van der Waals surface area contributed by atoms with Gasteiger partial charge in [0.25, 0.3) is 5.91 Å². The van der Waals surface area contributed by atoms with Crippen molar-refractivity contribution in [2.75, 3.05) is 6.61 Å². The first-order valence-corrected chi connectivity index (χ1v) is 10.0. The van der Waals surface area contributed by atoms with Gasteiger partial charge in [0.1, 0.15) is 11.5 Å². The average Bonchev–Trinajstić information content (AvgIpc) is 2.63. The number of nitrogens with one attached hydrogen (secondary N) is 1. The Kier molecular flexibility index (Phi) is 7.89. The van der Waals surface area contributed by atoms with Crippen molar-refractivity contribution in [3.8, 4) is 11.5 Å². The highest BCUT2D eigenvalue weighted by atomic mass is 127. The van der Waals surface area contributed by atoms with Gasteiger partial charge in [-0.25, -0.2) is 5.43 Å². The molecule has 2 aromatic rings. The number of hydrazone groups is 1. The van der Waals surface area contributed by atoms with Crippen molar-refractivity contribution in [3.63, 3.8) is 0 Å². The summed E-state index contributed by atoms with van der Waals surface area (Å²) in [5.74, 6) is 0.871. The molecule has 0 aliphatic carbocycles. The number of carbonyl (C=O) groups is 1. The maximum atomic E-state index is 11.8. The molecule has 7 heteroatoms. The van der Waals surface area contributed by atoms with E-state index in [9.17, 15) is 9.90 Å². The first-order valence-electron chi connectivity index (χ1n) is 8.13. The van der Waals surface area contributed by atoms with Gasteiger partial charge >= 0.3 is 0 Å². The van der Waals surface area contributed by atoms with E-state index in [4.69, 9.17) is 4.74 Å². The second-order valence-electron chi connectivity index (χ2n) is 5.79. The molecule has 0 bridgehead atoms. The number of aromatic hydroxyl groups is 1. The highest BCUT2D eigenvalue weighted by Gasteiger charge is 2.07. The summed E-state index contributed by atoms with van der Waals surface area (Å²) in [6.45, 7) is 4.18. The number of hydrogen-bond donors (Lipinski definition) is 2. The van der Waals surface area contributed by atoms with Crippen molar-refractivity contribution >= 4 is 50.6 Å². The number of carbonyl (C=O) groups excluding carboxylic acids is 1. The molecule has 0 radical (unpaired) electrons. The first kappa shape index (κ1) is 20.7. The predicted octanol–water partition coefficient (Wildman–Crippen LogP) is 4.80. The molecule has 2 aromatic carbocycles. The monoisotopic (exact) mass is 530 g/mol. The minimum atomic E-state index is -0.378. The molecule has 1 atom stereocenters. The molecule has 1 unspecified atom stereocenters. The lowest BCUT2D eigenvalue weighted by molar-refractivity contribution is -0.123. The Hall–Kier alpha value is -1.61. The van der Waals surface area contributed by atoms with E-state index in [1.807, 2.05) is 46.9 Å². The zero-order valence-corrected chi connectivity index (χ0v) is 18.2. The molecule has 2 N–H and O–H groups in total. The lowest BCUT2D eigenvalue weighted by atomic mass is 9.99.